The van der Waals surface area contributed by atoms with E-state index in [1.165, 1.54) is 22.3 Å². The second-order valence-electron chi connectivity index (χ2n) is 6.98. The molecule has 0 saturated carbocycles. The highest BCUT2D eigenvalue weighted by atomic mass is 16.2. The van der Waals surface area contributed by atoms with Crippen LogP contribution in [0.15, 0.2) is 12.1 Å². The second kappa shape index (κ2) is 4.61. The maximum atomic E-state index is 12.5. The van der Waals surface area contributed by atoms with Crippen LogP contribution in [-0.2, 0) is 4.79 Å². The number of hydrogen-bond donors (Lipinski definition) is 0. The number of fused-ring (bicyclic) bond motifs is 2. The van der Waals surface area contributed by atoms with Gasteiger partial charge in [-0.2, -0.15) is 0 Å². The lowest BCUT2D eigenvalue weighted by atomic mass is 9.68. The van der Waals surface area contributed by atoms with Crippen LogP contribution in [0.3, 0.4) is 0 Å². The van der Waals surface area contributed by atoms with Gasteiger partial charge in [0.1, 0.15) is 0 Å². The van der Waals surface area contributed by atoms with Gasteiger partial charge in [0.05, 0.1) is 12.0 Å². The number of amides is 1. The SMILES string of the molecule is CC(C)c1ccc(C(C)C)c2c1C1CCC2N(C)C1=O. The lowest BCUT2D eigenvalue weighted by Gasteiger charge is -2.47. The first kappa shape index (κ1) is 13.7. The van der Waals surface area contributed by atoms with Crippen LogP contribution in [0.2, 0.25) is 0 Å². The summed E-state index contributed by atoms with van der Waals surface area (Å²) in [6.07, 6.45) is 2.16. The van der Waals surface area contributed by atoms with Crippen LogP contribution in [0.25, 0.3) is 0 Å². The third kappa shape index (κ3) is 1.73. The molecule has 0 aromatic heterocycles. The molecule has 2 bridgehead atoms. The third-order valence-corrected chi connectivity index (χ3v) is 5.12. The minimum Gasteiger partial charge on any atom is -0.338 e. The summed E-state index contributed by atoms with van der Waals surface area (Å²) in [6.45, 7) is 8.99. The minimum absolute atomic E-state index is 0.107. The van der Waals surface area contributed by atoms with Gasteiger partial charge in [-0.05, 0) is 46.9 Å². The summed E-state index contributed by atoms with van der Waals surface area (Å²) in [6, 6.07) is 4.88. The van der Waals surface area contributed by atoms with Gasteiger partial charge in [-0.25, -0.2) is 0 Å². The van der Waals surface area contributed by atoms with Gasteiger partial charge < -0.3 is 4.90 Å². The molecule has 3 aliphatic rings. The fourth-order valence-corrected chi connectivity index (χ4v) is 4.08. The van der Waals surface area contributed by atoms with E-state index in [9.17, 15) is 4.79 Å². The van der Waals surface area contributed by atoms with Gasteiger partial charge in [0.15, 0.2) is 0 Å². The maximum absolute atomic E-state index is 12.5. The quantitative estimate of drug-likeness (QED) is 0.784. The summed E-state index contributed by atoms with van der Waals surface area (Å²) < 4.78 is 0. The van der Waals surface area contributed by atoms with Crippen LogP contribution in [0.4, 0.5) is 0 Å². The lowest BCUT2D eigenvalue weighted by molar-refractivity contribution is -0.138. The van der Waals surface area contributed by atoms with Crippen molar-refractivity contribution in [3.8, 4) is 0 Å². The number of benzene rings is 1. The van der Waals surface area contributed by atoms with E-state index in [2.05, 4.69) is 39.8 Å². The van der Waals surface area contributed by atoms with Gasteiger partial charge >= 0.3 is 0 Å². The highest BCUT2D eigenvalue weighted by Gasteiger charge is 2.44. The van der Waals surface area contributed by atoms with E-state index in [4.69, 9.17) is 0 Å². The Balaban J connectivity index is 2.29. The predicted octanol–water partition coefficient (Wildman–Crippen LogP) is 4.32. The van der Waals surface area contributed by atoms with Crippen LogP contribution in [0.5, 0.6) is 0 Å². The van der Waals surface area contributed by atoms with Gasteiger partial charge in [0, 0.05) is 7.05 Å². The third-order valence-electron chi connectivity index (χ3n) is 5.12. The Morgan fingerprint density at radius 3 is 2.10 bits per heavy atom. The van der Waals surface area contributed by atoms with Gasteiger partial charge in [0.2, 0.25) is 5.91 Å². The van der Waals surface area contributed by atoms with Crippen LogP contribution in [0.1, 0.15) is 86.6 Å². The molecule has 108 valence electrons. The van der Waals surface area contributed by atoms with Crippen molar-refractivity contribution in [1.82, 2.24) is 4.90 Å². The molecule has 0 radical (unpaired) electrons. The van der Waals surface area contributed by atoms with E-state index < -0.39 is 0 Å². The molecule has 2 heterocycles. The molecule has 0 spiro atoms. The molecule has 1 aromatic carbocycles. The maximum Gasteiger partial charge on any atom is 0.230 e. The van der Waals surface area contributed by atoms with Crippen LogP contribution >= 0.6 is 0 Å². The van der Waals surface area contributed by atoms with Gasteiger partial charge in [0.25, 0.3) is 0 Å². The van der Waals surface area contributed by atoms with Gasteiger partial charge in [-0.1, -0.05) is 39.8 Å². The molecule has 2 heteroatoms. The topological polar surface area (TPSA) is 20.3 Å². The van der Waals surface area contributed by atoms with Crippen molar-refractivity contribution in [3.05, 3.63) is 34.4 Å². The fraction of sp³-hybridized carbons (Fsp3) is 0.611. The zero-order valence-electron chi connectivity index (χ0n) is 13.2. The van der Waals surface area contributed by atoms with E-state index >= 15 is 0 Å². The molecule has 1 amide bonds. The average Bonchev–Trinajstić information content (AvgIpc) is 2.41. The Hall–Kier alpha value is -1.31. The minimum atomic E-state index is 0.107. The van der Waals surface area contributed by atoms with Gasteiger partial charge in [-0.3, -0.25) is 4.79 Å². The molecule has 4 rings (SSSR count). The molecular formula is C18H25NO. The normalized spacial score (nSPS) is 24.8. The van der Waals surface area contributed by atoms with Crippen LogP contribution < -0.4 is 0 Å². The van der Waals surface area contributed by atoms with Crippen molar-refractivity contribution < 1.29 is 4.79 Å². The van der Waals surface area contributed by atoms with Crippen molar-refractivity contribution in [2.45, 2.75) is 64.3 Å². The monoisotopic (exact) mass is 271 g/mol. The van der Waals surface area contributed by atoms with E-state index in [0.29, 0.717) is 23.8 Å². The predicted molar refractivity (Wildman–Crippen MR) is 82.1 cm³/mol. The van der Waals surface area contributed by atoms with Crippen molar-refractivity contribution in [3.63, 3.8) is 0 Å². The number of nitrogens with zero attached hydrogens (tertiary/aromatic N) is 1. The van der Waals surface area contributed by atoms with Crippen molar-refractivity contribution in [2.24, 2.45) is 0 Å². The average molecular weight is 271 g/mol. The van der Waals surface area contributed by atoms with E-state index in [0.717, 1.165) is 12.8 Å². The number of likely N-dealkylation sites (N-methyl/N-ethyl adjacent to an activating group) is 1. The summed E-state index contributed by atoms with van der Waals surface area (Å²) in [5, 5.41) is 0. The number of carbonyl (C=O) groups is 1. The number of carbonyl (C=O) groups excluding carboxylic acids is 1. The van der Waals surface area contributed by atoms with Gasteiger partial charge in [-0.15, -0.1) is 0 Å². The Morgan fingerprint density at radius 2 is 1.55 bits per heavy atom. The molecule has 1 aliphatic carbocycles. The summed E-state index contributed by atoms with van der Waals surface area (Å²) in [4.78, 5) is 14.5. The first-order valence-electron chi connectivity index (χ1n) is 7.86. The van der Waals surface area contributed by atoms with Crippen LogP contribution in [-0.4, -0.2) is 17.9 Å². The molecule has 1 saturated heterocycles. The molecule has 20 heavy (non-hydrogen) atoms. The van der Waals surface area contributed by atoms with Crippen molar-refractivity contribution in [2.75, 3.05) is 7.05 Å². The molecule has 1 aromatic rings. The van der Waals surface area contributed by atoms with E-state index in [1.807, 2.05) is 11.9 Å². The Morgan fingerprint density at radius 1 is 1.00 bits per heavy atom. The summed E-state index contributed by atoms with van der Waals surface area (Å²) >= 11 is 0. The molecular weight excluding hydrogens is 246 g/mol. The Labute approximate surface area is 122 Å². The molecule has 2 unspecified atom stereocenters. The fourth-order valence-electron chi connectivity index (χ4n) is 4.08. The molecule has 0 N–H and O–H groups in total. The number of piperidine rings is 1. The highest BCUT2D eigenvalue weighted by molar-refractivity contribution is 5.88. The smallest absolute Gasteiger partial charge is 0.230 e. The zero-order chi connectivity index (χ0) is 14.6. The number of hydrogen-bond acceptors (Lipinski definition) is 1. The van der Waals surface area contributed by atoms with Crippen molar-refractivity contribution in [1.29, 1.82) is 0 Å². The van der Waals surface area contributed by atoms with Crippen molar-refractivity contribution >= 4 is 5.91 Å². The Bertz CT molecular complexity index is 559. The molecule has 1 fully saturated rings. The molecule has 2 nitrogen and oxygen atoms in total. The highest BCUT2D eigenvalue weighted by Crippen LogP contribution is 2.51. The van der Waals surface area contributed by atoms with Crippen LogP contribution in [0, 0.1) is 0 Å². The number of rotatable bonds is 2. The molecule has 2 aliphatic heterocycles. The Kier molecular flexibility index (Phi) is 3.15. The first-order chi connectivity index (χ1) is 9.43. The first-order valence-corrected chi connectivity index (χ1v) is 7.86. The summed E-state index contributed by atoms with van der Waals surface area (Å²) in [5.74, 6) is 1.45. The summed E-state index contributed by atoms with van der Waals surface area (Å²) in [5.41, 5.74) is 5.69. The van der Waals surface area contributed by atoms with E-state index in [1.54, 1.807) is 0 Å². The zero-order valence-corrected chi connectivity index (χ0v) is 13.2. The second-order valence-corrected chi connectivity index (χ2v) is 6.98. The van der Waals surface area contributed by atoms with E-state index in [-0.39, 0.29) is 5.92 Å². The largest absolute Gasteiger partial charge is 0.338 e. The standard InChI is InChI=1S/C18H25NO/c1-10(2)12-6-7-13(11(3)4)17-15-9-8-14(16(12)17)18(20)19(15)5/h6-7,10-11,14-15H,8-9H2,1-5H3. The lowest BCUT2D eigenvalue weighted by Crippen LogP contribution is -2.45. The molecule has 2 atom stereocenters. The summed E-state index contributed by atoms with van der Waals surface area (Å²) in [7, 11) is 1.98.